The lowest BCUT2D eigenvalue weighted by molar-refractivity contribution is -0.349. The second-order valence-corrected chi connectivity index (χ2v) is 7.11. The van der Waals surface area contributed by atoms with Crippen LogP contribution in [0.25, 0.3) is 0 Å². The van der Waals surface area contributed by atoms with Crippen LogP contribution in [0.2, 0.25) is 0 Å². The molecule has 0 radical (unpaired) electrons. The van der Waals surface area contributed by atoms with Crippen molar-refractivity contribution >= 4 is 0 Å². The molecular formula is C21H22O6. The molecule has 6 heteroatoms. The van der Waals surface area contributed by atoms with Crippen LogP contribution in [0.15, 0.2) is 60.7 Å². The lowest BCUT2D eigenvalue weighted by atomic mass is 9.90. The van der Waals surface area contributed by atoms with Crippen molar-refractivity contribution in [1.82, 2.24) is 0 Å². The molecule has 0 aromatic heterocycles. The van der Waals surface area contributed by atoms with E-state index in [0.717, 1.165) is 11.1 Å². The number of hydrogen-bond acceptors (Lipinski definition) is 6. The minimum atomic E-state index is -1.12. The highest BCUT2D eigenvalue weighted by atomic mass is 16.8. The molecule has 3 saturated heterocycles. The minimum Gasteiger partial charge on any atom is -0.385 e. The fourth-order valence-electron chi connectivity index (χ4n) is 4.09. The predicted molar refractivity (Wildman–Crippen MR) is 94.7 cm³/mol. The molecule has 0 saturated carbocycles. The van der Waals surface area contributed by atoms with Crippen LogP contribution in [-0.2, 0) is 23.7 Å². The van der Waals surface area contributed by atoms with E-state index in [1.54, 1.807) is 7.11 Å². The molecule has 5 rings (SSSR count). The summed E-state index contributed by atoms with van der Waals surface area (Å²) < 4.78 is 29.7. The zero-order valence-corrected chi connectivity index (χ0v) is 14.9. The molecular weight excluding hydrogens is 348 g/mol. The molecule has 2 aromatic carbocycles. The lowest BCUT2D eigenvalue weighted by Gasteiger charge is -2.47. The third-order valence-corrected chi connectivity index (χ3v) is 5.50. The van der Waals surface area contributed by atoms with Gasteiger partial charge in [-0.2, -0.15) is 0 Å². The third-order valence-electron chi connectivity index (χ3n) is 5.50. The van der Waals surface area contributed by atoms with Gasteiger partial charge in [0.2, 0.25) is 5.79 Å². The fraction of sp³-hybridized carbons (Fsp3) is 0.429. The number of epoxide rings is 1. The number of ether oxygens (including phenoxy) is 5. The Kier molecular flexibility index (Phi) is 4.27. The van der Waals surface area contributed by atoms with Crippen LogP contribution < -0.4 is 0 Å². The Bertz CT molecular complexity index is 784. The minimum absolute atomic E-state index is 0.334. The van der Waals surface area contributed by atoms with Crippen LogP contribution in [-0.4, -0.2) is 49.0 Å². The number of aliphatic hydroxyl groups excluding tert-OH is 1. The SMILES string of the molecule is CO[C@@H]1[C@@H]2O[C@H](c3ccccc3)OC[C@H]2OC2(O[C@@H]2c2ccccc2)[C@H]1O. The van der Waals surface area contributed by atoms with Crippen LogP contribution in [0.3, 0.4) is 0 Å². The Labute approximate surface area is 157 Å². The molecule has 142 valence electrons. The summed E-state index contributed by atoms with van der Waals surface area (Å²) in [5.74, 6) is -1.12. The molecule has 0 bridgehead atoms. The maximum Gasteiger partial charge on any atom is 0.230 e. The Morgan fingerprint density at radius 2 is 1.63 bits per heavy atom. The summed E-state index contributed by atoms with van der Waals surface area (Å²) in [6.07, 6.45) is -3.22. The van der Waals surface area contributed by atoms with Crippen molar-refractivity contribution in [2.75, 3.05) is 13.7 Å². The van der Waals surface area contributed by atoms with Crippen molar-refractivity contribution in [2.45, 2.75) is 42.6 Å². The first kappa shape index (κ1) is 17.3. The Morgan fingerprint density at radius 1 is 0.963 bits per heavy atom. The van der Waals surface area contributed by atoms with Crippen molar-refractivity contribution in [3.8, 4) is 0 Å². The Morgan fingerprint density at radius 3 is 2.30 bits per heavy atom. The number of fused-ring (bicyclic) bond motifs is 1. The molecule has 0 amide bonds. The van der Waals surface area contributed by atoms with Crippen LogP contribution in [0.4, 0.5) is 0 Å². The molecule has 3 fully saturated rings. The van der Waals surface area contributed by atoms with E-state index in [1.165, 1.54) is 0 Å². The van der Waals surface area contributed by atoms with Gasteiger partial charge in [0.1, 0.15) is 30.5 Å². The van der Waals surface area contributed by atoms with Gasteiger partial charge >= 0.3 is 0 Å². The van der Waals surface area contributed by atoms with Gasteiger partial charge in [0.05, 0.1) is 6.61 Å². The fourth-order valence-corrected chi connectivity index (χ4v) is 4.09. The van der Waals surface area contributed by atoms with Crippen LogP contribution in [0.5, 0.6) is 0 Å². The predicted octanol–water partition coefficient (Wildman–Crippen LogP) is 2.34. The van der Waals surface area contributed by atoms with E-state index in [1.807, 2.05) is 60.7 Å². The smallest absolute Gasteiger partial charge is 0.230 e. The van der Waals surface area contributed by atoms with Gasteiger partial charge in [-0.3, -0.25) is 0 Å². The summed E-state index contributed by atoms with van der Waals surface area (Å²) in [5, 5.41) is 11.0. The van der Waals surface area contributed by atoms with E-state index < -0.39 is 30.4 Å². The van der Waals surface area contributed by atoms with Crippen LogP contribution >= 0.6 is 0 Å². The Hall–Kier alpha value is -1.80. The monoisotopic (exact) mass is 370 g/mol. The lowest BCUT2D eigenvalue weighted by Crippen LogP contribution is -2.63. The second kappa shape index (κ2) is 6.67. The highest BCUT2D eigenvalue weighted by Crippen LogP contribution is 2.57. The van der Waals surface area contributed by atoms with Crippen LogP contribution in [0, 0.1) is 0 Å². The van der Waals surface area contributed by atoms with E-state index in [4.69, 9.17) is 23.7 Å². The molecule has 3 heterocycles. The standard InChI is InChI=1S/C21H22O6/c1-23-17-16-15(12-24-20(25-16)14-10-6-3-7-11-14)26-21(18(17)22)19(27-21)13-8-4-2-5-9-13/h2-11,15-20,22H,12H2,1H3/t15-,16-,17-,18+,19-,20-,21?/m1/s1. The molecule has 1 N–H and O–H groups in total. The first-order valence-corrected chi connectivity index (χ1v) is 9.16. The van der Waals surface area contributed by atoms with E-state index in [2.05, 4.69) is 0 Å². The maximum atomic E-state index is 11.0. The van der Waals surface area contributed by atoms with Crippen molar-refractivity contribution in [1.29, 1.82) is 0 Å². The number of methoxy groups -OCH3 is 1. The van der Waals surface area contributed by atoms with Gasteiger partial charge in [-0.15, -0.1) is 0 Å². The van der Waals surface area contributed by atoms with Gasteiger partial charge in [0, 0.05) is 12.7 Å². The molecule has 0 aliphatic carbocycles. The summed E-state index contributed by atoms with van der Waals surface area (Å²) in [6.45, 7) is 0.337. The van der Waals surface area contributed by atoms with Crippen LogP contribution in [0.1, 0.15) is 23.5 Å². The average molecular weight is 370 g/mol. The summed E-state index contributed by atoms with van der Waals surface area (Å²) in [6, 6.07) is 19.5. The number of rotatable bonds is 3. The second-order valence-electron chi connectivity index (χ2n) is 7.11. The first-order chi connectivity index (χ1) is 13.2. The molecule has 7 atom stereocenters. The van der Waals surface area contributed by atoms with Gasteiger partial charge in [0.25, 0.3) is 0 Å². The van der Waals surface area contributed by atoms with Crippen molar-refractivity contribution in [3.05, 3.63) is 71.8 Å². The summed E-state index contributed by atoms with van der Waals surface area (Å²) >= 11 is 0. The topological polar surface area (TPSA) is 69.7 Å². The largest absolute Gasteiger partial charge is 0.385 e. The molecule has 27 heavy (non-hydrogen) atoms. The third kappa shape index (κ3) is 2.81. The normalized spacial score (nSPS) is 40.5. The molecule has 3 aliphatic rings. The Balaban J connectivity index is 1.38. The van der Waals surface area contributed by atoms with E-state index in [0.29, 0.717) is 6.61 Å². The van der Waals surface area contributed by atoms with Gasteiger partial charge in [-0.05, 0) is 5.56 Å². The zero-order valence-electron chi connectivity index (χ0n) is 14.9. The van der Waals surface area contributed by atoms with E-state index >= 15 is 0 Å². The van der Waals surface area contributed by atoms with Gasteiger partial charge in [0.15, 0.2) is 6.29 Å². The van der Waals surface area contributed by atoms with E-state index in [9.17, 15) is 5.11 Å². The number of benzene rings is 2. The van der Waals surface area contributed by atoms with E-state index in [-0.39, 0.29) is 12.2 Å². The molecule has 3 aliphatic heterocycles. The summed E-state index contributed by atoms with van der Waals surface area (Å²) in [5.41, 5.74) is 1.88. The highest BCUT2D eigenvalue weighted by molar-refractivity contribution is 5.27. The molecule has 1 unspecified atom stereocenters. The molecule has 1 spiro atoms. The molecule has 2 aromatic rings. The van der Waals surface area contributed by atoms with Gasteiger partial charge in [-0.25, -0.2) is 0 Å². The van der Waals surface area contributed by atoms with Crippen molar-refractivity contribution < 1.29 is 28.8 Å². The highest BCUT2D eigenvalue weighted by Gasteiger charge is 2.71. The zero-order chi connectivity index (χ0) is 18.4. The summed E-state index contributed by atoms with van der Waals surface area (Å²) in [7, 11) is 1.57. The van der Waals surface area contributed by atoms with Crippen molar-refractivity contribution in [3.63, 3.8) is 0 Å². The first-order valence-electron chi connectivity index (χ1n) is 9.16. The summed E-state index contributed by atoms with van der Waals surface area (Å²) in [4.78, 5) is 0. The number of aliphatic hydroxyl groups is 1. The maximum absolute atomic E-state index is 11.0. The van der Waals surface area contributed by atoms with Crippen molar-refractivity contribution in [2.24, 2.45) is 0 Å². The number of hydrogen-bond donors (Lipinski definition) is 1. The van der Waals surface area contributed by atoms with Gasteiger partial charge < -0.3 is 28.8 Å². The average Bonchev–Trinajstić information content (AvgIpc) is 3.45. The molecule has 6 nitrogen and oxygen atoms in total. The quantitative estimate of drug-likeness (QED) is 0.837. The van der Waals surface area contributed by atoms with Gasteiger partial charge in [-0.1, -0.05) is 60.7 Å².